The summed E-state index contributed by atoms with van der Waals surface area (Å²) in [6.07, 6.45) is 3.62. The second-order valence-corrected chi connectivity index (χ2v) is 10.3. The van der Waals surface area contributed by atoms with Crippen LogP contribution in [-0.2, 0) is 27.7 Å². The van der Waals surface area contributed by atoms with Gasteiger partial charge in [-0.1, -0.05) is 6.07 Å². The van der Waals surface area contributed by atoms with Crippen molar-refractivity contribution in [1.29, 1.82) is 0 Å². The van der Waals surface area contributed by atoms with Gasteiger partial charge < -0.3 is 10.1 Å². The number of nitrogens with one attached hydrogen (secondary N) is 2. The molecule has 1 amide bonds. The molecule has 31 heavy (non-hydrogen) atoms. The van der Waals surface area contributed by atoms with Crippen molar-refractivity contribution in [2.45, 2.75) is 43.6 Å². The van der Waals surface area contributed by atoms with Crippen molar-refractivity contribution in [3.8, 4) is 17.0 Å². The third-order valence-corrected chi connectivity index (χ3v) is 7.79. The van der Waals surface area contributed by atoms with E-state index in [1.54, 1.807) is 36.6 Å². The van der Waals surface area contributed by atoms with Crippen LogP contribution in [-0.4, -0.2) is 25.4 Å². The van der Waals surface area contributed by atoms with Crippen LogP contribution in [0.15, 0.2) is 46.7 Å². The lowest BCUT2D eigenvalue weighted by molar-refractivity contribution is -0.122. The van der Waals surface area contributed by atoms with Crippen LogP contribution in [0.1, 0.15) is 30.9 Å². The highest BCUT2D eigenvalue weighted by molar-refractivity contribution is 7.93. The number of hydrogen-bond donors (Lipinski definition) is 2. The number of anilines is 2. The Labute approximate surface area is 184 Å². The number of carbonyl (C=O) groups excluding carboxylic acids is 1. The molecule has 0 radical (unpaired) electrons. The first-order valence-electron chi connectivity index (χ1n) is 10.1. The van der Waals surface area contributed by atoms with Gasteiger partial charge in [-0.2, -0.15) is 0 Å². The zero-order chi connectivity index (χ0) is 21.6. The van der Waals surface area contributed by atoms with Gasteiger partial charge in [-0.05, 0) is 74.1 Å². The van der Waals surface area contributed by atoms with Crippen LogP contribution in [0.4, 0.5) is 10.8 Å². The van der Waals surface area contributed by atoms with E-state index >= 15 is 0 Å². The molecule has 3 aromatic rings. The molecule has 1 aliphatic heterocycles. The van der Waals surface area contributed by atoms with Crippen LogP contribution < -0.4 is 14.8 Å². The van der Waals surface area contributed by atoms with E-state index in [0.717, 1.165) is 36.8 Å². The minimum Gasteiger partial charge on any atom is -0.479 e. The number of aryl methyl sites for hydroxylation is 2. The van der Waals surface area contributed by atoms with E-state index in [0.29, 0.717) is 22.3 Å². The summed E-state index contributed by atoms with van der Waals surface area (Å²) in [5.41, 5.74) is 4.29. The van der Waals surface area contributed by atoms with E-state index in [4.69, 9.17) is 4.74 Å². The lowest BCUT2D eigenvalue weighted by Crippen LogP contribution is -2.34. The van der Waals surface area contributed by atoms with Crippen molar-refractivity contribution in [3.05, 3.63) is 52.9 Å². The standard InChI is InChI=1S/C22H21N3O4S2/c1-13-21(26)23-18-11-16(7-9-20(18)29-13)19-12-30-22(24-19)25-31(27,28)17-8-6-14-4-2-3-5-15(14)10-17/h6-13H,2-5H2,1H3,(H,23,26)(H,24,25). The summed E-state index contributed by atoms with van der Waals surface area (Å²) in [7, 11) is -3.72. The van der Waals surface area contributed by atoms with Crippen LogP contribution >= 0.6 is 11.3 Å². The molecule has 0 fully saturated rings. The van der Waals surface area contributed by atoms with Gasteiger partial charge in [-0.15, -0.1) is 11.3 Å². The predicted molar refractivity (Wildman–Crippen MR) is 120 cm³/mol. The molecule has 0 saturated heterocycles. The van der Waals surface area contributed by atoms with Crippen molar-refractivity contribution >= 4 is 38.1 Å². The highest BCUT2D eigenvalue weighted by atomic mass is 32.2. The lowest BCUT2D eigenvalue weighted by Gasteiger charge is -2.23. The molecule has 1 aromatic heterocycles. The number of thiazole rings is 1. The lowest BCUT2D eigenvalue weighted by atomic mass is 9.92. The third kappa shape index (κ3) is 3.90. The maximum absolute atomic E-state index is 12.9. The summed E-state index contributed by atoms with van der Waals surface area (Å²) in [6.45, 7) is 1.69. The van der Waals surface area contributed by atoms with Gasteiger partial charge in [-0.3, -0.25) is 9.52 Å². The van der Waals surface area contributed by atoms with Gasteiger partial charge in [0.25, 0.3) is 15.9 Å². The number of carbonyl (C=O) groups is 1. The number of sulfonamides is 1. The molecule has 1 aliphatic carbocycles. The van der Waals surface area contributed by atoms with Crippen LogP contribution in [0.2, 0.25) is 0 Å². The van der Waals surface area contributed by atoms with Crippen LogP contribution in [0, 0.1) is 0 Å². The van der Waals surface area contributed by atoms with Crippen molar-refractivity contribution in [3.63, 3.8) is 0 Å². The zero-order valence-corrected chi connectivity index (χ0v) is 18.5. The first kappa shape index (κ1) is 20.0. The number of aromatic nitrogens is 1. The van der Waals surface area contributed by atoms with E-state index in [1.165, 1.54) is 16.9 Å². The Kier molecular flexibility index (Phi) is 4.94. The molecule has 2 aliphatic rings. The smallest absolute Gasteiger partial charge is 0.265 e. The topological polar surface area (TPSA) is 97.4 Å². The molecule has 1 atom stereocenters. The normalized spacial score (nSPS) is 17.8. The number of rotatable bonds is 4. The fourth-order valence-corrected chi connectivity index (χ4v) is 5.89. The van der Waals surface area contributed by atoms with Crippen LogP contribution in [0.3, 0.4) is 0 Å². The zero-order valence-electron chi connectivity index (χ0n) is 16.8. The number of benzene rings is 2. The summed E-state index contributed by atoms with van der Waals surface area (Å²) in [5, 5.41) is 4.88. The quantitative estimate of drug-likeness (QED) is 0.614. The fraction of sp³-hybridized carbons (Fsp3) is 0.273. The van der Waals surface area contributed by atoms with E-state index < -0.39 is 16.1 Å². The molecule has 0 saturated carbocycles. The Bertz CT molecular complexity index is 1280. The Hall–Kier alpha value is -2.91. The average molecular weight is 456 g/mol. The Morgan fingerprint density at radius 1 is 1.13 bits per heavy atom. The number of amides is 1. The second-order valence-electron chi connectivity index (χ2n) is 7.74. The third-order valence-electron chi connectivity index (χ3n) is 5.56. The van der Waals surface area contributed by atoms with E-state index in [9.17, 15) is 13.2 Å². The first-order valence-corrected chi connectivity index (χ1v) is 12.5. The molecule has 2 aromatic carbocycles. The second kappa shape index (κ2) is 7.65. The summed E-state index contributed by atoms with van der Waals surface area (Å²) >= 11 is 1.21. The largest absolute Gasteiger partial charge is 0.479 e. The summed E-state index contributed by atoms with van der Waals surface area (Å²) in [6, 6.07) is 10.7. The molecular formula is C22H21N3O4S2. The minimum atomic E-state index is -3.72. The Morgan fingerprint density at radius 3 is 2.77 bits per heavy atom. The minimum absolute atomic E-state index is 0.207. The molecule has 2 heterocycles. The predicted octanol–water partition coefficient (Wildman–Crippen LogP) is 4.21. The average Bonchev–Trinajstić information content (AvgIpc) is 3.21. The summed E-state index contributed by atoms with van der Waals surface area (Å²) < 4.78 is 33.9. The van der Waals surface area contributed by atoms with Crippen LogP contribution in [0.25, 0.3) is 11.3 Å². The van der Waals surface area contributed by atoms with E-state index in [-0.39, 0.29) is 10.8 Å². The maximum Gasteiger partial charge on any atom is 0.265 e. The fourth-order valence-electron chi connectivity index (χ4n) is 3.87. The molecule has 9 heteroatoms. The van der Waals surface area contributed by atoms with Crippen molar-refractivity contribution in [2.75, 3.05) is 10.0 Å². The summed E-state index contributed by atoms with van der Waals surface area (Å²) in [4.78, 5) is 16.6. The van der Waals surface area contributed by atoms with Crippen LogP contribution in [0.5, 0.6) is 5.75 Å². The van der Waals surface area contributed by atoms with Crippen molar-refractivity contribution in [1.82, 2.24) is 4.98 Å². The maximum atomic E-state index is 12.9. The highest BCUT2D eigenvalue weighted by Crippen LogP contribution is 2.35. The summed E-state index contributed by atoms with van der Waals surface area (Å²) in [5.74, 6) is 0.390. The van der Waals surface area contributed by atoms with Gasteiger partial charge in [0.2, 0.25) is 0 Å². The van der Waals surface area contributed by atoms with Crippen molar-refractivity contribution < 1.29 is 17.9 Å². The van der Waals surface area contributed by atoms with Gasteiger partial charge in [-0.25, -0.2) is 13.4 Å². The van der Waals surface area contributed by atoms with E-state index in [1.807, 2.05) is 12.1 Å². The number of hydrogen-bond acceptors (Lipinski definition) is 6. The van der Waals surface area contributed by atoms with Gasteiger partial charge in [0.05, 0.1) is 16.3 Å². The number of fused-ring (bicyclic) bond motifs is 2. The number of nitrogens with zero attached hydrogens (tertiary/aromatic N) is 1. The highest BCUT2D eigenvalue weighted by Gasteiger charge is 2.24. The molecule has 0 bridgehead atoms. The molecule has 2 N–H and O–H groups in total. The first-order chi connectivity index (χ1) is 14.9. The van der Waals surface area contributed by atoms with Gasteiger partial charge in [0.15, 0.2) is 11.2 Å². The molecule has 0 spiro atoms. The van der Waals surface area contributed by atoms with Gasteiger partial charge in [0.1, 0.15) is 5.75 Å². The SMILES string of the molecule is CC1Oc2ccc(-c3csc(NS(=O)(=O)c4ccc5c(c4)CCCC5)n3)cc2NC1=O. The van der Waals surface area contributed by atoms with Gasteiger partial charge in [0, 0.05) is 10.9 Å². The molecular weight excluding hydrogens is 434 g/mol. The van der Waals surface area contributed by atoms with Crippen molar-refractivity contribution in [2.24, 2.45) is 0 Å². The molecule has 7 nitrogen and oxygen atoms in total. The van der Waals surface area contributed by atoms with E-state index in [2.05, 4.69) is 15.0 Å². The molecule has 160 valence electrons. The monoisotopic (exact) mass is 455 g/mol. The Morgan fingerprint density at radius 2 is 1.94 bits per heavy atom. The number of ether oxygens (including phenoxy) is 1. The molecule has 5 rings (SSSR count). The van der Waals surface area contributed by atoms with Gasteiger partial charge >= 0.3 is 0 Å². The molecule has 1 unspecified atom stereocenters. The Balaban J connectivity index is 1.38.